The normalized spacial score (nSPS) is 24.9. The van der Waals surface area contributed by atoms with Crippen LogP contribution in [0.25, 0.3) is 11.1 Å². The highest BCUT2D eigenvalue weighted by molar-refractivity contribution is 5.80. The largest absolute Gasteiger partial charge is 0.481 e. The number of hydrogen-bond acceptors (Lipinski definition) is 4. The van der Waals surface area contributed by atoms with Gasteiger partial charge >= 0.3 is 12.1 Å². The highest BCUT2D eigenvalue weighted by Crippen LogP contribution is 2.50. The van der Waals surface area contributed by atoms with Crippen LogP contribution < -0.4 is 10.6 Å². The number of fused-ring (bicyclic) bond motifs is 4. The van der Waals surface area contributed by atoms with E-state index in [1.165, 1.54) is 22.3 Å². The summed E-state index contributed by atoms with van der Waals surface area (Å²) in [6, 6.07) is 16.6. The molecular weight excluding hydrogens is 444 g/mol. The Bertz CT molecular complexity index is 1090. The first-order chi connectivity index (χ1) is 16.9. The Morgan fingerprint density at radius 2 is 1.66 bits per heavy atom. The van der Waals surface area contributed by atoms with Gasteiger partial charge in [-0.1, -0.05) is 55.5 Å². The van der Waals surface area contributed by atoms with Crippen molar-refractivity contribution >= 4 is 18.0 Å². The Kier molecular flexibility index (Phi) is 6.50. The van der Waals surface area contributed by atoms with Crippen LogP contribution in [-0.4, -0.2) is 42.3 Å². The quantitative estimate of drug-likeness (QED) is 0.531. The standard InChI is InChI=1S/C28H32N2O5/c1-16(10-26(31)32)14-29-27(33)18-11-17-13-25(23(17)12-18)30-28(34)35-15-24-21-8-4-2-6-19(21)20-7-3-5-9-22(20)24/h2-9,16-18,23-25H,10-15H2,1H3,(H,29,33)(H,30,34)(H,31,32)/t16?,17-,18?,23-,25+/m1/s1. The molecule has 2 aromatic carbocycles. The summed E-state index contributed by atoms with van der Waals surface area (Å²) in [4.78, 5) is 36.0. The van der Waals surface area contributed by atoms with Gasteiger partial charge in [0.15, 0.2) is 0 Å². The fraction of sp³-hybridized carbons (Fsp3) is 0.464. The number of carboxylic acids is 1. The third kappa shape index (κ3) is 4.77. The first-order valence-corrected chi connectivity index (χ1v) is 12.5. The molecule has 7 heteroatoms. The second-order valence-corrected chi connectivity index (χ2v) is 10.4. The van der Waals surface area contributed by atoms with Gasteiger partial charge in [-0.05, 0) is 59.3 Å². The summed E-state index contributed by atoms with van der Waals surface area (Å²) in [7, 11) is 0. The van der Waals surface area contributed by atoms with Gasteiger partial charge in [-0.3, -0.25) is 9.59 Å². The maximum atomic E-state index is 12.6. The average molecular weight is 477 g/mol. The van der Waals surface area contributed by atoms with Crippen LogP contribution in [0, 0.1) is 23.7 Å². The minimum Gasteiger partial charge on any atom is -0.481 e. The Labute approximate surface area is 205 Å². The molecule has 2 fully saturated rings. The van der Waals surface area contributed by atoms with Crippen molar-refractivity contribution < 1.29 is 24.2 Å². The number of carbonyl (C=O) groups is 3. The predicted octanol–water partition coefficient (Wildman–Crippen LogP) is 4.17. The molecule has 0 saturated heterocycles. The number of carbonyl (C=O) groups excluding carboxylic acids is 2. The lowest BCUT2D eigenvalue weighted by molar-refractivity contribution is -0.138. The lowest BCUT2D eigenvalue weighted by atomic mass is 9.71. The molecule has 2 unspecified atom stereocenters. The van der Waals surface area contributed by atoms with Gasteiger partial charge in [0.1, 0.15) is 6.61 Å². The Morgan fingerprint density at radius 1 is 1.00 bits per heavy atom. The van der Waals surface area contributed by atoms with Crippen molar-refractivity contribution in [3.8, 4) is 11.1 Å². The molecular formula is C28H32N2O5. The Balaban J connectivity index is 1.10. The van der Waals surface area contributed by atoms with Gasteiger partial charge in [-0.25, -0.2) is 4.79 Å². The van der Waals surface area contributed by atoms with Crippen LogP contribution in [0.2, 0.25) is 0 Å². The van der Waals surface area contributed by atoms with Gasteiger partial charge in [0.2, 0.25) is 5.91 Å². The number of amides is 2. The van der Waals surface area contributed by atoms with Gasteiger partial charge < -0.3 is 20.5 Å². The summed E-state index contributed by atoms with van der Waals surface area (Å²) in [5.41, 5.74) is 4.78. The lowest BCUT2D eigenvalue weighted by Crippen LogP contribution is -2.50. The number of rotatable bonds is 8. The van der Waals surface area contributed by atoms with Gasteiger partial charge in [-0.15, -0.1) is 0 Å². The lowest BCUT2D eigenvalue weighted by Gasteiger charge is -2.40. The van der Waals surface area contributed by atoms with E-state index < -0.39 is 12.1 Å². The molecule has 7 nitrogen and oxygen atoms in total. The molecule has 3 aliphatic carbocycles. The molecule has 0 radical (unpaired) electrons. The fourth-order valence-corrected chi connectivity index (χ4v) is 6.19. The second-order valence-electron chi connectivity index (χ2n) is 10.4. The summed E-state index contributed by atoms with van der Waals surface area (Å²) in [6.07, 6.45) is 2.09. The van der Waals surface area contributed by atoms with Gasteiger partial charge in [-0.2, -0.15) is 0 Å². The number of ether oxygens (including phenoxy) is 1. The molecule has 2 saturated carbocycles. The van der Waals surface area contributed by atoms with Crippen molar-refractivity contribution in [3.63, 3.8) is 0 Å². The zero-order valence-electron chi connectivity index (χ0n) is 19.9. The summed E-state index contributed by atoms with van der Waals surface area (Å²) in [5, 5.41) is 14.8. The topological polar surface area (TPSA) is 105 Å². The number of alkyl carbamates (subject to hydrolysis) is 1. The average Bonchev–Trinajstić information content (AvgIpc) is 3.34. The third-order valence-corrected chi connectivity index (χ3v) is 7.99. The molecule has 2 aromatic rings. The molecule has 5 atom stereocenters. The van der Waals surface area contributed by atoms with Crippen molar-refractivity contribution in [2.24, 2.45) is 23.7 Å². The first-order valence-electron chi connectivity index (χ1n) is 12.5. The fourth-order valence-electron chi connectivity index (χ4n) is 6.19. The van der Waals surface area contributed by atoms with E-state index in [0.717, 1.165) is 19.3 Å². The van der Waals surface area contributed by atoms with Crippen molar-refractivity contribution in [2.45, 2.75) is 44.6 Å². The summed E-state index contributed by atoms with van der Waals surface area (Å²) in [6.45, 7) is 2.49. The van der Waals surface area contributed by atoms with E-state index >= 15 is 0 Å². The summed E-state index contributed by atoms with van der Waals surface area (Å²) < 4.78 is 5.69. The minimum absolute atomic E-state index is 0.00321. The zero-order valence-corrected chi connectivity index (χ0v) is 19.9. The van der Waals surface area contributed by atoms with Crippen LogP contribution in [-0.2, 0) is 14.3 Å². The number of aliphatic carboxylic acids is 1. The van der Waals surface area contributed by atoms with Crippen molar-refractivity contribution in [1.29, 1.82) is 0 Å². The number of benzene rings is 2. The van der Waals surface area contributed by atoms with E-state index in [0.29, 0.717) is 25.0 Å². The summed E-state index contributed by atoms with van der Waals surface area (Å²) >= 11 is 0. The van der Waals surface area contributed by atoms with E-state index in [9.17, 15) is 14.4 Å². The van der Waals surface area contributed by atoms with E-state index in [1.54, 1.807) is 0 Å². The SMILES string of the molecule is CC(CNC(=O)C1C[C@@H]2C[C@H](NC(=O)OCC3c4ccccc4-c4ccccc43)[C@@H]2C1)CC(=O)O. The molecule has 0 aliphatic heterocycles. The highest BCUT2D eigenvalue weighted by Gasteiger charge is 2.50. The van der Waals surface area contributed by atoms with Crippen molar-refractivity contribution in [3.05, 3.63) is 59.7 Å². The van der Waals surface area contributed by atoms with Crippen LogP contribution in [0.15, 0.2) is 48.5 Å². The van der Waals surface area contributed by atoms with E-state index in [4.69, 9.17) is 9.84 Å². The Hall–Kier alpha value is -3.35. The minimum atomic E-state index is -0.854. The predicted molar refractivity (Wildman–Crippen MR) is 131 cm³/mol. The monoisotopic (exact) mass is 476 g/mol. The molecule has 184 valence electrons. The number of carboxylic acid groups (broad SMARTS) is 1. The van der Waals surface area contributed by atoms with Crippen LogP contribution in [0.4, 0.5) is 4.79 Å². The Morgan fingerprint density at radius 3 is 2.31 bits per heavy atom. The van der Waals surface area contributed by atoms with Crippen LogP contribution >= 0.6 is 0 Å². The van der Waals surface area contributed by atoms with E-state index in [-0.39, 0.29) is 36.1 Å². The van der Waals surface area contributed by atoms with Crippen molar-refractivity contribution in [2.75, 3.05) is 13.2 Å². The van der Waals surface area contributed by atoms with Gasteiger partial charge in [0.25, 0.3) is 0 Å². The highest BCUT2D eigenvalue weighted by atomic mass is 16.5. The number of hydrogen-bond donors (Lipinski definition) is 3. The third-order valence-electron chi connectivity index (χ3n) is 7.99. The molecule has 5 rings (SSSR count). The van der Waals surface area contributed by atoms with Gasteiger partial charge in [0.05, 0.1) is 0 Å². The second kappa shape index (κ2) is 9.72. The zero-order chi connectivity index (χ0) is 24.5. The molecule has 0 aromatic heterocycles. The maximum Gasteiger partial charge on any atom is 0.407 e. The molecule has 3 N–H and O–H groups in total. The summed E-state index contributed by atoms with van der Waals surface area (Å²) in [5.74, 6) is -0.257. The van der Waals surface area contributed by atoms with Crippen molar-refractivity contribution in [1.82, 2.24) is 10.6 Å². The van der Waals surface area contributed by atoms with E-state index in [1.807, 2.05) is 31.2 Å². The van der Waals surface area contributed by atoms with Gasteiger partial charge in [0, 0.05) is 30.8 Å². The maximum absolute atomic E-state index is 12.6. The van der Waals surface area contributed by atoms with E-state index in [2.05, 4.69) is 34.9 Å². The molecule has 0 bridgehead atoms. The van der Waals surface area contributed by atoms with Crippen LogP contribution in [0.5, 0.6) is 0 Å². The molecule has 3 aliphatic rings. The van der Waals surface area contributed by atoms with Crippen LogP contribution in [0.3, 0.4) is 0 Å². The molecule has 0 spiro atoms. The molecule has 2 amide bonds. The molecule has 0 heterocycles. The van der Waals surface area contributed by atoms with Crippen LogP contribution in [0.1, 0.15) is 49.7 Å². The number of nitrogens with one attached hydrogen (secondary N) is 2. The smallest absolute Gasteiger partial charge is 0.407 e. The molecule has 35 heavy (non-hydrogen) atoms. The first kappa shape index (κ1) is 23.4.